The summed E-state index contributed by atoms with van der Waals surface area (Å²) in [5.41, 5.74) is -6.25. The molecule has 0 amide bonds. The third kappa shape index (κ3) is 6.88. The SMILES string of the molecule is C=C(CCC12OC(C(=O)O)C(O)(C(=O)O)C(C(=O)O)(O1)C(OC(=O)/C=C/C(C)CC(C)CC)C2O)C(O)C(C)Cc1ccccc1. The molecule has 0 aromatic heterocycles. The minimum atomic E-state index is -3.87. The zero-order valence-corrected chi connectivity index (χ0v) is 26.4. The van der Waals surface area contributed by atoms with Crippen LogP contribution in [0.15, 0.2) is 54.6 Å². The Morgan fingerprint density at radius 1 is 1.07 bits per heavy atom. The molecular formula is C33H44O13. The van der Waals surface area contributed by atoms with Gasteiger partial charge in [0.2, 0.25) is 23.1 Å². The van der Waals surface area contributed by atoms with Crippen molar-refractivity contribution in [2.24, 2.45) is 17.8 Å². The molecule has 254 valence electrons. The van der Waals surface area contributed by atoms with Crippen molar-refractivity contribution in [1.82, 2.24) is 0 Å². The summed E-state index contributed by atoms with van der Waals surface area (Å²) in [6.45, 7) is 11.5. The highest BCUT2D eigenvalue weighted by Gasteiger charge is 2.85. The highest BCUT2D eigenvalue weighted by molar-refractivity contribution is 5.98. The first-order valence-electron chi connectivity index (χ1n) is 15.2. The molecule has 1 aromatic carbocycles. The van der Waals surface area contributed by atoms with Crippen molar-refractivity contribution in [3.8, 4) is 0 Å². The van der Waals surface area contributed by atoms with E-state index in [-0.39, 0.29) is 23.8 Å². The molecule has 0 saturated carbocycles. The van der Waals surface area contributed by atoms with Gasteiger partial charge in [-0.15, -0.1) is 0 Å². The van der Waals surface area contributed by atoms with Crippen molar-refractivity contribution < 1.29 is 64.0 Å². The summed E-state index contributed by atoms with van der Waals surface area (Å²) in [6, 6.07) is 9.31. The average molecular weight is 649 g/mol. The van der Waals surface area contributed by atoms with E-state index in [1.54, 1.807) is 6.92 Å². The van der Waals surface area contributed by atoms with E-state index in [9.17, 15) is 49.8 Å². The number of rotatable bonds is 16. The molecule has 2 aliphatic heterocycles. The summed E-state index contributed by atoms with van der Waals surface area (Å²) in [5, 5.41) is 64.1. The lowest BCUT2D eigenvalue weighted by atomic mass is 9.74. The van der Waals surface area contributed by atoms with Crippen molar-refractivity contribution in [2.75, 3.05) is 0 Å². The van der Waals surface area contributed by atoms with Crippen LogP contribution in [-0.4, -0.2) is 95.9 Å². The zero-order valence-electron chi connectivity index (χ0n) is 26.4. The van der Waals surface area contributed by atoms with Gasteiger partial charge in [0.25, 0.3) is 0 Å². The molecular weight excluding hydrogens is 604 g/mol. The van der Waals surface area contributed by atoms with Crippen molar-refractivity contribution in [3.05, 3.63) is 60.2 Å². The lowest BCUT2D eigenvalue weighted by Gasteiger charge is -2.48. The van der Waals surface area contributed by atoms with Crippen LogP contribution in [-0.2, 0) is 39.8 Å². The number of hydrogen-bond acceptors (Lipinski definition) is 10. The maximum absolute atomic E-state index is 12.9. The van der Waals surface area contributed by atoms with Gasteiger partial charge in [0.05, 0.1) is 6.10 Å². The molecule has 13 nitrogen and oxygen atoms in total. The third-order valence-electron chi connectivity index (χ3n) is 9.03. The number of carbonyl (C=O) groups is 4. The molecule has 3 rings (SSSR count). The molecule has 10 atom stereocenters. The van der Waals surface area contributed by atoms with Crippen LogP contribution in [0.2, 0.25) is 0 Å². The number of benzene rings is 1. The van der Waals surface area contributed by atoms with Crippen LogP contribution in [0.3, 0.4) is 0 Å². The van der Waals surface area contributed by atoms with Gasteiger partial charge in [-0.05, 0) is 48.2 Å². The molecule has 2 saturated heterocycles. The van der Waals surface area contributed by atoms with Crippen LogP contribution in [0.5, 0.6) is 0 Å². The number of aliphatic hydroxyl groups excluding tert-OH is 2. The average Bonchev–Trinajstić information content (AvgIpc) is 3.22. The zero-order chi connectivity index (χ0) is 34.6. The first kappa shape index (κ1) is 36.8. The van der Waals surface area contributed by atoms with Crippen LogP contribution in [0, 0.1) is 17.8 Å². The first-order valence-corrected chi connectivity index (χ1v) is 15.2. The van der Waals surface area contributed by atoms with Crippen molar-refractivity contribution in [3.63, 3.8) is 0 Å². The predicted molar refractivity (Wildman–Crippen MR) is 161 cm³/mol. The molecule has 1 aromatic rings. The molecule has 2 aliphatic rings. The Balaban J connectivity index is 1.96. The smallest absolute Gasteiger partial charge is 0.344 e. The molecule has 2 heterocycles. The molecule has 2 fully saturated rings. The maximum Gasteiger partial charge on any atom is 0.344 e. The summed E-state index contributed by atoms with van der Waals surface area (Å²) < 4.78 is 16.3. The molecule has 6 N–H and O–H groups in total. The second-order valence-corrected chi connectivity index (χ2v) is 12.5. The Kier molecular flexibility index (Phi) is 11.6. The van der Waals surface area contributed by atoms with Gasteiger partial charge >= 0.3 is 23.9 Å². The lowest BCUT2D eigenvalue weighted by molar-refractivity contribution is -0.374. The van der Waals surface area contributed by atoms with Gasteiger partial charge in [0.15, 0.2) is 6.10 Å². The maximum atomic E-state index is 12.9. The van der Waals surface area contributed by atoms with Gasteiger partial charge in [-0.3, -0.25) is 0 Å². The van der Waals surface area contributed by atoms with E-state index < -0.39 is 71.7 Å². The van der Waals surface area contributed by atoms with E-state index in [1.165, 1.54) is 6.08 Å². The molecule has 13 heteroatoms. The summed E-state index contributed by atoms with van der Waals surface area (Å²) in [7, 11) is 0. The summed E-state index contributed by atoms with van der Waals surface area (Å²) >= 11 is 0. The summed E-state index contributed by atoms with van der Waals surface area (Å²) in [5.74, 6) is -10.6. The molecule has 0 radical (unpaired) electrons. The number of carboxylic acids is 3. The van der Waals surface area contributed by atoms with E-state index >= 15 is 0 Å². The number of fused-ring (bicyclic) bond motifs is 2. The fourth-order valence-electron chi connectivity index (χ4n) is 6.22. The Hall–Kier alpha value is -3.62. The van der Waals surface area contributed by atoms with Gasteiger partial charge in [-0.1, -0.05) is 77.1 Å². The minimum absolute atomic E-state index is 0.108. The monoisotopic (exact) mass is 648 g/mol. The number of aliphatic hydroxyl groups is 3. The minimum Gasteiger partial charge on any atom is -0.479 e. The van der Waals surface area contributed by atoms with E-state index in [1.807, 2.05) is 51.1 Å². The summed E-state index contributed by atoms with van der Waals surface area (Å²) in [6.07, 6.45) is -4.84. The standard InChI is InChI=1S/C33H44O13/c1-6-18(2)16-19(3)12-13-23(34)44-26-25(36)31(15-14-20(4)24(35)21(5)17-22-10-8-7-9-11-22)45-27(28(37)38)32(43,29(39)40)33(26,46-31)30(41)42/h7-13,18-19,21,24-27,35-36,43H,4,6,14-17H2,1-3,5H3,(H,37,38)(H,39,40)(H,41,42)/b13-12+. The van der Waals surface area contributed by atoms with Gasteiger partial charge in [-0.25, -0.2) is 19.2 Å². The van der Waals surface area contributed by atoms with E-state index in [2.05, 4.69) is 6.58 Å². The first-order chi connectivity index (χ1) is 21.5. The molecule has 10 unspecified atom stereocenters. The Bertz CT molecular complexity index is 1330. The number of allylic oxidation sites excluding steroid dienone is 1. The highest BCUT2D eigenvalue weighted by Crippen LogP contribution is 2.55. The lowest BCUT2D eigenvalue weighted by Crippen LogP contribution is -2.78. The van der Waals surface area contributed by atoms with Gasteiger partial charge < -0.3 is 44.8 Å². The van der Waals surface area contributed by atoms with Gasteiger partial charge in [-0.2, -0.15) is 0 Å². The second-order valence-electron chi connectivity index (χ2n) is 12.5. The fourth-order valence-corrected chi connectivity index (χ4v) is 6.22. The Morgan fingerprint density at radius 3 is 2.24 bits per heavy atom. The number of esters is 1. The van der Waals surface area contributed by atoms with Gasteiger partial charge in [0.1, 0.15) is 6.10 Å². The van der Waals surface area contributed by atoms with Crippen molar-refractivity contribution in [2.45, 2.75) is 101 Å². The summed E-state index contributed by atoms with van der Waals surface area (Å²) in [4.78, 5) is 50.5. The van der Waals surface area contributed by atoms with Crippen LogP contribution in [0.25, 0.3) is 0 Å². The van der Waals surface area contributed by atoms with Crippen molar-refractivity contribution in [1.29, 1.82) is 0 Å². The van der Waals surface area contributed by atoms with Crippen LogP contribution in [0.1, 0.15) is 58.9 Å². The molecule has 0 aliphatic carbocycles. The number of hydrogen-bond donors (Lipinski definition) is 6. The van der Waals surface area contributed by atoms with E-state index in [0.29, 0.717) is 18.8 Å². The van der Waals surface area contributed by atoms with Crippen LogP contribution in [0.4, 0.5) is 0 Å². The fraction of sp³-hybridized carbons (Fsp3) is 0.576. The molecule has 46 heavy (non-hydrogen) atoms. The largest absolute Gasteiger partial charge is 0.479 e. The second kappa shape index (κ2) is 14.4. The third-order valence-corrected chi connectivity index (χ3v) is 9.03. The number of ether oxygens (including phenoxy) is 3. The Morgan fingerprint density at radius 2 is 1.70 bits per heavy atom. The van der Waals surface area contributed by atoms with Gasteiger partial charge in [0, 0.05) is 12.5 Å². The van der Waals surface area contributed by atoms with E-state index in [4.69, 9.17) is 14.2 Å². The van der Waals surface area contributed by atoms with Crippen molar-refractivity contribution >= 4 is 23.9 Å². The number of aliphatic carboxylic acids is 3. The number of carbonyl (C=O) groups excluding carboxylic acids is 1. The predicted octanol–water partition coefficient (Wildman–Crippen LogP) is 2.31. The molecule has 2 bridgehead atoms. The quantitative estimate of drug-likeness (QED) is 0.0863. The van der Waals surface area contributed by atoms with Crippen LogP contribution >= 0.6 is 0 Å². The van der Waals surface area contributed by atoms with Crippen LogP contribution < -0.4 is 0 Å². The Labute approximate surface area is 267 Å². The molecule has 0 spiro atoms. The normalized spacial score (nSPS) is 31.5. The highest BCUT2D eigenvalue weighted by atomic mass is 16.8. The number of carboxylic acid groups (broad SMARTS) is 3. The van der Waals surface area contributed by atoms with E-state index in [0.717, 1.165) is 18.1 Å². The topological polar surface area (TPSA) is 217 Å².